The van der Waals surface area contributed by atoms with Crippen molar-refractivity contribution >= 4 is 5.97 Å². The molecule has 0 aromatic rings. The van der Waals surface area contributed by atoms with Gasteiger partial charge in [-0.3, -0.25) is 4.79 Å². The van der Waals surface area contributed by atoms with Crippen LogP contribution in [-0.2, 0) is 9.53 Å². The molecule has 1 aliphatic rings. The summed E-state index contributed by atoms with van der Waals surface area (Å²) in [5.41, 5.74) is -0.841. The van der Waals surface area contributed by atoms with Gasteiger partial charge in [0.1, 0.15) is 0 Å². The Morgan fingerprint density at radius 3 is 2.73 bits per heavy atom. The van der Waals surface area contributed by atoms with E-state index >= 15 is 0 Å². The van der Waals surface area contributed by atoms with Gasteiger partial charge in [0, 0.05) is 13.1 Å². The monoisotopic (exact) mass is 159 g/mol. The lowest BCUT2D eigenvalue weighted by atomic mass is 9.93. The van der Waals surface area contributed by atoms with Crippen molar-refractivity contribution in [2.75, 3.05) is 19.7 Å². The summed E-state index contributed by atoms with van der Waals surface area (Å²) in [5, 5.41) is 12.3. The molecule has 1 saturated heterocycles. The molecule has 4 nitrogen and oxygen atoms in total. The standard InChI is InChI=1S/C7H13NO3/c1-2-11-6(9)3-7(10)4-8-5-7/h8,10H,2-5H2,1H3. The van der Waals surface area contributed by atoms with Crippen LogP contribution < -0.4 is 5.32 Å². The second kappa shape index (κ2) is 3.19. The first-order valence-electron chi connectivity index (χ1n) is 3.75. The molecule has 1 aliphatic heterocycles. The molecule has 0 aromatic carbocycles. The van der Waals surface area contributed by atoms with E-state index in [1.807, 2.05) is 0 Å². The Kier molecular flexibility index (Phi) is 2.46. The lowest BCUT2D eigenvalue weighted by molar-refractivity contribution is -0.150. The smallest absolute Gasteiger partial charge is 0.308 e. The number of hydrogen-bond acceptors (Lipinski definition) is 4. The molecule has 0 amide bonds. The van der Waals surface area contributed by atoms with Gasteiger partial charge in [-0.25, -0.2) is 0 Å². The van der Waals surface area contributed by atoms with Gasteiger partial charge in [0.2, 0.25) is 0 Å². The molecule has 0 bridgehead atoms. The van der Waals surface area contributed by atoms with Crippen LogP contribution in [0.1, 0.15) is 13.3 Å². The largest absolute Gasteiger partial charge is 0.466 e. The molecule has 0 atom stereocenters. The predicted octanol–water partition coefficient (Wildman–Crippen LogP) is -0.726. The Hall–Kier alpha value is -0.610. The third-order valence-electron chi connectivity index (χ3n) is 1.69. The van der Waals surface area contributed by atoms with Gasteiger partial charge in [0.05, 0.1) is 18.6 Å². The highest BCUT2D eigenvalue weighted by molar-refractivity contribution is 5.71. The average Bonchev–Trinajstić information content (AvgIpc) is 1.85. The second-order valence-corrected chi connectivity index (χ2v) is 2.81. The van der Waals surface area contributed by atoms with Gasteiger partial charge in [-0.1, -0.05) is 0 Å². The zero-order valence-corrected chi connectivity index (χ0v) is 6.59. The van der Waals surface area contributed by atoms with Crippen LogP contribution in [0.3, 0.4) is 0 Å². The van der Waals surface area contributed by atoms with Gasteiger partial charge in [-0.2, -0.15) is 0 Å². The summed E-state index contributed by atoms with van der Waals surface area (Å²) in [6.45, 7) is 3.11. The molecule has 0 radical (unpaired) electrons. The third-order valence-corrected chi connectivity index (χ3v) is 1.69. The van der Waals surface area contributed by atoms with Gasteiger partial charge in [-0.05, 0) is 6.92 Å². The normalized spacial score (nSPS) is 20.5. The highest BCUT2D eigenvalue weighted by atomic mass is 16.5. The fourth-order valence-electron chi connectivity index (χ4n) is 1.02. The summed E-state index contributed by atoms with van der Waals surface area (Å²) in [7, 11) is 0. The number of carbonyl (C=O) groups excluding carboxylic acids is 1. The number of carbonyl (C=O) groups is 1. The number of aliphatic hydroxyl groups is 1. The molecule has 64 valence electrons. The highest BCUT2D eigenvalue weighted by Gasteiger charge is 2.36. The van der Waals surface area contributed by atoms with E-state index in [1.165, 1.54) is 0 Å². The molecule has 0 aromatic heterocycles. The quantitative estimate of drug-likeness (QED) is 0.533. The zero-order valence-electron chi connectivity index (χ0n) is 6.59. The van der Waals surface area contributed by atoms with E-state index in [0.717, 1.165) is 0 Å². The van der Waals surface area contributed by atoms with E-state index in [-0.39, 0.29) is 12.4 Å². The summed E-state index contributed by atoms with van der Waals surface area (Å²) in [6, 6.07) is 0. The van der Waals surface area contributed by atoms with Crippen molar-refractivity contribution in [3.8, 4) is 0 Å². The Morgan fingerprint density at radius 2 is 2.36 bits per heavy atom. The Morgan fingerprint density at radius 1 is 1.73 bits per heavy atom. The van der Waals surface area contributed by atoms with E-state index in [0.29, 0.717) is 19.7 Å². The molecule has 1 rings (SSSR count). The topological polar surface area (TPSA) is 58.6 Å². The molecular weight excluding hydrogens is 146 g/mol. The van der Waals surface area contributed by atoms with E-state index in [1.54, 1.807) is 6.92 Å². The maximum atomic E-state index is 10.8. The van der Waals surface area contributed by atoms with Crippen LogP contribution in [0, 0.1) is 0 Å². The minimum Gasteiger partial charge on any atom is -0.466 e. The van der Waals surface area contributed by atoms with Crippen molar-refractivity contribution in [1.29, 1.82) is 0 Å². The summed E-state index contributed by atoms with van der Waals surface area (Å²) >= 11 is 0. The first-order valence-corrected chi connectivity index (χ1v) is 3.75. The zero-order chi connectivity index (χ0) is 8.32. The maximum Gasteiger partial charge on any atom is 0.308 e. The molecule has 4 heteroatoms. The fourth-order valence-corrected chi connectivity index (χ4v) is 1.02. The number of β-amino-alcohol motifs (C(OH)–C–C–N with tert-alkyl or cyclic N) is 1. The van der Waals surface area contributed by atoms with Crippen molar-refractivity contribution in [3.63, 3.8) is 0 Å². The first kappa shape index (κ1) is 8.49. The minimum atomic E-state index is -0.841. The lowest BCUT2D eigenvalue weighted by Crippen LogP contribution is -2.60. The SMILES string of the molecule is CCOC(=O)CC1(O)CNC1. The molecule has 11 heavy (non-hydrogen) atoms. The summed E-state index contributed by atoms with van der Waals surface area (Å²) in [5.74, 6) is -0.323. The summed E-state index contributed by atoms with van der Waals surface area (Å²) < 4.78 is 4.69. The Bertz CT molecular complexity index is 154. The Labute approximate surface area is 65.5 Å². The van der Waals surface area contributed by atoms with Crippen LogP contribution in [0.15, 0.2) is 0 Å². The van der Waals surface area contributed by atoms with Gasteiger partial charge in [0.15, 0.2) is 0 Å². The van der Waals surface area contributed by atoms with Crippen LogP contribution in [0.4, 0.5) is 0 Å². The molecule has 0 unspecified atom stereocenters. The van der Waals surface area contributed by atoms with Gasteiger partial charge >= 0.3 is 5.97 Å². The van der Waals surface area contributed by atoms with E-state index in [9.17, 15) is 9.90 Å². The van der Waals surface area contributed by atoms with E-state index < -0.39 is 5.60 Å². The van der Waals surface area contributed by atoms with Gasteiger partial charge in [-0.15, -0.1) is 0 Å². The molecule has 1 heterocycles. The van der Waals surface area contributed by atoms with Crippen molar-refractivity contribution in [2.45, 2.75) is 18.9 Å². The van der Waals surface area contributed by atoms with Crippen LogP contribution in [0.25, 0.3) is 0 Å². The minimum absolute atomic E-state index is 0.105. The Balaban J connectivity index is 2.23. The van der Waals surface area contributed by atoms with Gasteiger partial charge < -0.3 is 15.2 Å². The third kappa shape index (κ3) is 2.17. The molecule has 0 saturated carbocycles. The van der Waals surface area contributed by atoms with Crippen LogP contribution in [0.2, 0.25) is 0 Å². The highest BCUT2D eigenvalue weighted by Crippen LogP contribution is 2.15. The van der Waals surface area contributed by atoms with Crippen LogP contribution >= 0.6 is 0 Å². The average molecular weight is 159 g/mol. The van der Waals surface area contributed by atoms with Crippen molar-refractivity contribution in [3.05, 3.63) is 0 Å². The number of esters is 1. The van der Waals surface area contributed by atoms with Crippen LogP contribution in [0.5, 0.6) is 0 Å². The molecule has 0 spiro atoms. The van der Waals surface area contributed by atoms with Crippen molar-refractivity contribution in [1.82, 2.24) is 5.32 Å². The van der Waals surface area contributed by atoms with Gasteiger partial charge in [0.25, 0.3) is 0 Å². The maximum absolute atomic E-state index is 10.8. The van der Waals surface area contributed by atoms with Crippen molar-refractivity contribution < 1.29 is 14.6 Å². The number of rotatable bonds is 3. The molecule has 1 fully saturated rings. The molecule has 2 N–H and O–H groups in total. The summed E-state index contributed by atoms with van der Waals surface area (Å²) in [6.07, 6.45) is 0.105. The lowest BCUT2D eigenvalue weighted by Gasteiger charge is -2.36. The van der Waals surface area contributed by atoms with E-state index in [2.05, 4.69) is 10.1 Å². The second-order valence-electron chi connectivity index (χ2n) is 2.81. The number of hydrogen-bond donors (Lipinski definition) is 2. The molecular formula is C7H13NO3. The number of ether oxygens (including phenoxy) is 1. The summed E-state index contributed by atoms with van der Waals surface area (Å²) in [4.78, 5) is 10.8. The van der Waals surface area contributed by atoms with E-state index in [4.69, 9.17) is 0 Å². The number of nitrogens with one attached hydrogen (secondary N) is 1. The molecule has 0 aliphatic carbocycles. The fraction of sp³-hybridized carbons (Fsp3) is 0.857. The van der Waals surface area contributed by atoms with Crippen LogP contribution in [-0.4, -0.2) is 36.4 Å². The van der Waals surface area contributed by atoms with Crippen molar-refractivity contribution in [2.24, 2.45) is 0 Å². The predicted molar refractivity (Wildman–Crippen MR) is 39.1 cm³/mol. The first-order chi connectivity index (χ1) is 5.16.